The summed E-state index contributed by atoms with van der Waals surface area (Å²) < 4.78 is 4.98. The van der Waals surface area contributed by atoms with Crippen LogP contribution < -0.4 is 15.9 Å². The minimum atomic E-state index is -0.863. The van der Waals surface area contributed by atoms with Crippen LogP contribution in [0.1, 0.15) is 22.3 Å². The van der Waals surface area contributed by atoms with Gasteiger partial charge in [0, 0.05) is 27.2 Å². The molecule has 2 aromatic heterocycles. The summed E-state index contributed by atoms with van der Waals surface area (Å²) in [6.07, 6.45) is 0. The largest absolute Gasteiger partial charge is 0.309 e. The fourth-order valence-electron chi connectivity index (χ4n) is 11.4. The van der Waals surface area contributed by atoms with Crippen LogP contribution in [-0.2, 0) is 5.41 Å². The molecule has 288 valence electrons. The topological polar surface area (TPSA) is 9.86 Å². The minimum absolute atomic E-state index is 0.563. The van der Waals surface area contributed by atoms with Gasteiger partial charge in [-0.1, -0.05) is 176 Å². The van der Waals surface area contributed by atoms with Gasteiger partial charge in [-0.15, -0.1) is 0 Å². The van der Waals surface area contributed by atoms with Gasteiger partial charge in [0.15, 0.2) is 0 Å². The Labute approximate surface area is 360 Å². The van der Waals surface area contributed by atoms with Crippen molar-refractivity contribution in [1.82, 2.24) is 9.13 Å². The predicted molar refractivity (Wildman–Crippen MR) is 262 cm³/mol. The second kappa shape index (κ2) is 12.8. The highest BCUT2D eigenvalue weighted by Crippen LogP contribution is 2.59. The van der Waals surface area contributed by atoms with E-state index in [2.05, 4.69) is 234 Å². The van der Waals surface area contributed by atoms with Crippen molar-refractivity contribution in [3.05, 3.63) is 247 Å². The molecule has 2 atom stereocenters. The van der Waals surface area contributed by atoms with Gasteiger partial charge in [0.05, 0.1) is 33.2 Å². The van der Waals surface area contributed by atoms with Crippen molar-refractivity contribution in [2.75, 3.05) is 0 Å². The summed E-state index contributed by atoms with van der Waals surface area (Å²) >= 11 is 0. The molecule has 0 bridgehead atoms. The molecule has 10 aromatic carbocycles. The van der Waals surface area contributed by atoms with Crippen molar-refractivity contribution < 1.29 is 0 Å². The lowest BCUT2D eigenvalue weighted by molar-refractivity contribution is 0.735. The maximum Gasteiger partial charge on any atom is 0.0755 e. The van der Waals surface area contributed by atoms with Crippen LogP contribution in [0, 0.1) is 0 Å². The van der Waals surface area contributed by atoms with Gasteiger partial charge in [-0.25, -0.2) is 0 Å². The number of hydrogen-bond acceptors (Lipinski definition) is 0. The Balaban J connectivity index is 1.07. The van der Waals surface area contributed by atoms with Crippen LogP contribution in [0.2, 0.25) is 0 Å². The summed E-state index contributed by atoms with van der Waals surface area (Å²) in [5.74, 6) is 0. The van der Waals surface area contributed by atoms with E-state index in [-0.39, 0.29) is 0 Å². The zero-order chi connectivity index (χ0) is 40.5. The van der Waals surface area contributed by atoms with Crippen LogP contribution in [0.25, 0.3) is 76.9 Å². The third-order valence-electron chi connectivity index (χ3n) is 13.8. The zero-order valence-corrected chi connectivity index (χ0v) is 34.6. The highest BCUT2D eigenvalue weighted by atomic mass is 31.1. The van der Waals surface area contributed by atoms with Gasteiger partial charge in [0.2, 0.25) is 0 Å². The molecule has 2 aliphatic rings. The van der Waals surface area contributed by atoms with E-state index in [1.165, 1.54) is 115 Å². The highest BCUT2D eigenvalue weighted by molar-refractivity contribution is 7.80. The Kier molecular flexibility index (Phi) is 7.04. The molecule has 2 unspecified atom stereocenters. The number of rotatable bonds is 3. The number of nitrogens with zero attached hydrogens (tertiary/aromatic N) is 2. The molecule has 1 spiro atoms. The maximum atomic E-state index is 2.57. The number of para-hydroxylation sites is 4. The number of fused-ring (bicyclic) bond motifs is 15. The fourth-order valence-corrected chi connectivity index (χ4v) is 14.1. The molecule has 12 aromatic rings. The lowest BCUT2D eigenvalue weighted by Crippen LogP contribution is -2.47. The Morgan fingerprint density at radius 1 is 0.339 bits per heavy atom. The fraction of sp³-hybridized carbons (Fsp3) is 0.0169. The molecule has 62 heavy (non-hydrogen) atoms. The molecule has 0 aliphatic carbocycles. The summed E-state index contributed by atoms with van der Waals surface area (Å²) in [5.41, 5.74) is 14.7. The average molecular weight is 805 g/mol. The van der Waals surface area contributed by atoms with Gasteiger partial charge in [0.25, 0.3) is 0 Å². The molecule has 0 fully saturated rings. The first-order valence-electron chi connectivity index (χ1n) is 21.5. The molecule has 4 heterocycles. The van der Waals surface area contributed by atoms with Crippen molar-refractivity contribution in [1.29, 1.82) is 0 Å². The second-order valence-corrected chi connectivity index (χ2v) is 19.0. The van der Waals surface area contributed by atoms with Crippen LogP contribution in [-0.4, -0.2) is 9.13 Å². The van der Waals surface area contributed by atoms with Gasteiger partial charge in [-0.3, -0.25) is 0 Å². The van der Waals surface area contributed by atoms with Crippen molar-refractivity contribution in [3.8, 4) is 22.5 Å². The average Bonchev–Trinajstić information content (AvgIpc) is 3.86. The van der Waals surface area contributed by atoms with Gasteiger partial charge < -0.3 is 9.13 Å². The number of benzene rings is 10. The molecule has 0 N–H and O–H groups in total. The van der Waals surface area contributed by atoms with Gasteiger partial charge in [0.1, 0.15) is 0 Å². The Hall–Kier alpha value is -7.51. The maximum absolute atomic E-state index is 2.57. The van der Waals surface area contributed by atoms with Crippen LogP contribution in [0.4, 0.5) is 0 Å². The Morgan fingerprint density at radius 3 is 1.82 bits per heavy atom. The molecule has 0 saturated heterocycles. The van der Waals surface area contributed by atoms with Gasteiger partial charge in [-0.2, -0.15) is 0 Å². The standard InChI is InChI=1S/C59H37N2P/c1-2-17-43(18-3-1)62-56-28-13-9-23-49(56)59(48-22-8-12-27-55(48)61-53-26-11-6-19-44(53)46-21-14-24-50(59)58(46)61)51-37-41(31-34-57(51)62)40-30-33-54-47(36-40)45-20-7-10-25-52(45)60(54)42-32-29-38-15-4-5-16-39(38)35-42/h1-37H. The van der Waals surface area contributed by atoms with Crippen LogP contribution in [0.5, 0.6) is 0 Å². The summed E-state index contributed by atoms with van der Waals surface area (Å²) in [6, 6.07) is 84.7. The predicted octanol–water partition coefficient (Wildman–Crippen LogP) is 13.5. The monoisotopic (exact) mass is 804 g/mol. The normalized spacial score (nSPS) is 16.3. The lowest BCUT2D eigenvalue weighted by atomic mass is 9.62. The van der Waals surface area contributed by atoms with Gasteiger partial charge >= 0.3 is 0 Å². The third-order valence-corrected chi connectivity index (χ3v) is 16.4. The van der Waals surface area contributed by atoms with E-state index < -0.39 is 13.3 Å². The molecule has 2 nitrogen and oxygen atoms in total. The molecular weight excluding hydrogens is 768 g/mol. The third kappa shape index (κ3) is 4.47. The van der Waals surface area contributed by atoms with E-state index >= 15 is 0 Å². The number of aromatic nitrogens is 2. The summed E-state index contributed by atoms with van der Waals surface area (Å²) in [4.78, 5) is 0. The minimum Gasteiger partial charge on any atom is -0.309 e. The Bertz CT molecular complexity index is 3830. The van der Waals surface area contributed by atoms with Crippen molar-refractivity contribution >= 4 is 78.2 Å². The Morgan fingerprint density at radius 2 is 0.952 bits per heavy atom. The van der Waals surface area contributed by atoms with Crippen molar-refractivity contribution in [3.63, 3.8) is 0 Å². The molecule has 14 rings (SSSR count). The smallest absolute Gasteiger partial charge is 0.0755 e. The summed E-state index contributed by atoms with van der Waals surface area (Å²) in [5, 5.41) is 11.8. The highest BCUT2D eigenvalue weighted by Gasteiger charge is 2.51. The van der Waals surface area contributed by atoms with Crippen LogP contribution >= 0.6 is 7.92 Å². The molecule has 2 aliphatic heterocycles. The van der Waals surface area contributed by atoms with E-state index in [9.17, 15) is 0 Å². The van der Waals surface area contributed by atoms with E-state index in [1.54, 1.807) is 0 Å². The SMILES string of the molecule is c1ccc(P2c3ccccc3C3(c4ccccc4-n4c5ccccc5c5cccc3c54)c3cc(-c4ccc5c(c4)c4ccccc4n5-c4ccc5ccccc5c4)ccc32)cc1. The van der Waals surface area contributed by atoms with Crippen molar-refractivity contribution in [2.45, 2.75) is 5.41 Å². The lowest BCUT2D eigenvalue weighted by Gasteiger charge is -2.48. The second-order valence-electron chi connectivity index (χ2n) is 16.9. The van der Waals surface area contributed by atoms with Crippen molar-refractivity contribution in [2.24, 2.45) is 0 Å². The molecule has 0 saturated carbocycles. The molecule has 0 radical (unpaired) electrons. The van der Waals surface area contributed by atoms with E-state index in [0.717, 1.165) is 0 Å². The first-order valence-corrected chi connectivity index (χ1v) is 22.9. The summed E-state index contributed by atoms with van der Waals surface area (Å²) in [6.45, 7) is 0. The van der Waals surface area contributed by atoms with E-state index in [1.807, 2.05) is 0 Å². The molecular formula is C59H37N2P. The zero-order valence-electron chi connectivity index (χ0n) is 33.7. The quantitative estimate of drug-likeness (QED) is 0.157. The van der Waals surface area contributed by atoms with Crippen LogP contribution in [0.3, 0.4) is 0 Å². The summed E-state index contributed by atoms with van der Waals surface area (Å²) in [7, 11) is -0.863. The molecule has 0 amide bonds. The van der Waals surface area contributed by atoms with E-state index in [0.29, 0.717) is 0 Å². The van der Waals surface area contributed by atoms with E-state index in [4.69, 9.17) is 0 Å². The molecule has 3 heteroatoms. The van der Waals surface area contributed by atoms with Crippen LogP contribution in [0.15, 0.2) is 224 Å². The first-order chi connectivity index (χ1) is 30.8. The first kappa shape index (κ1) is 34.2. The number of hydrogen-bond donors (Lipinski definition) is 0. The van der Waals surface area contributed by atoms with Gasteiger partial charge in [-0.05, 0) is 117 Å².